The van der Waals surface area contributed by atoms with E-state index < -0.39 is 21.9 Å². The van der Waals surface area contributed by atoms with E-state index in [0.717, 1.165) is 24.3 Å². The second-order valence-corrected chi connectivity index (χ2v) is 7.69. The maximum atomic E-state index is 12.9. The molecule has 132 valence electrons. The lowest BCUT2D eigenvalue weighted by Gasteiger charge is -2.31. The number of likely N-dealkylation sites (tertiary alicyclic amines) is 1. The normalized spacial score (nSPS) is 22.2. The summed E-state index contributed by atoms with van der Waals surface area (Å²) in [6, 6.07) is 7.86. The van der Waals surface area contributed by atoms with Crippen LogP contribution in [0.1, 0.15) is 12.0 Å². The average Bonchev–Trinajstić information content (AvgIpc) is 2.86. The van der Waals surface area contributed by atoms with E-state index in [9.17, 15) is 17.1 Å². The van der Waals surface area contributed by atoms with Crippen LogP contribution in [-0.4, -0.2) is 57.8 Å². The van der Waals surface area contributed by atoms with Crippen LogP contribution in [0.5, 0.6) is 0 Å². The number of morpholine rings is 1. The Labute approximate surface area is 141 Å². The van der Waals surface area contributed by atoms with Gasteiger partial charge in [-0.2, -0.15) is 8.42 Å². The smallest absolute Gasteiger partial charge is 0.302 e. The summed E-state index contributed by atoms with van der Waals surface area (Å²) < 4.78 is 39.8. The number of halogens is 1. The molecule has 0 radical (unpaired) electrons. The van der Waals surface area contributed by atoms with Gasteiger partial charge in [-0.25, -0.2) is 0 Å². The Morgan fingerprint density at radius 3 is 2.62 bits per heavy atom. The van der Waals surface area contributed by atoms with E-state index in [2.05, 4.69) is 4.90 Å². The van der Waals surface area contributed by atoms with Crippen molar-refractivity contribution in [1.82, 2.24) is 4.90 Å². The van der Waals surface area contributed by atoms with Crippen molar-refractivity contribution in [1.29, 1.82) is 0 Å². The number of hydrogen-bond donors (Lipinski definition) is 0. The van der Waals surface area contributed by atoms with Gasteiger partial charge >= 0.3 is 10.2 Å². The Hall–Kier alpha value is -1.67. The van der Waals surface area contributed by atoms with Gasteiger partial charge in [-0.15, -0.1) is 3.89 Å². The molecule has 2 saturated heterocycles. The molecule has 2 heterocycles. The molecule has 1 atom stereocenters. The van der Waals surface area contributed by atoms with Crippen LogP contribution >= 0.6 is 0 Å². The third-order valence-corrected chi connectivity index (χ3v) is 5.30. The van der Waals surface area contributed by atoms with E-state index in [0.29, 0.717) is 19.8 Å². The van der Waals surface area contributed by atoms with E-state index in [1.54, 1.807) is 4.90 Å². The number of nitrogens with zero attached hydrogens (tertiary/aromatic N) is 2. The highest BCUT2D eigenvalue weighted by Crippen LogP contribution is 2.27. The van der Waals surface area contributed by atoms with Crippen LogP contribution in [0.15, 0.2) is 24.3 Å². The molecule has 6 nitrogen and oxygen atoms in total. The third kappa shape index (κ3) is 4.24. The van der Waals surface area contributed by atoms with Crippen LogP contribution < -0.4 is 4.90 Å². The molecule has 2 aliphatic heterocycles. The summed E-state index contributed by atoms with van der Waals surface area (Å²) in [4.78, 5) is 16.0. The quantitative estimate of drug-likeness (QED) is 0.741. The molecule has 2 aliphatic rings. The number of carbonyl (C=O) groups is 1. The Bertz CT molecular complexity index is 704. The molecule has 0 aromatic heterocycles. The fourth-order valence-electron chi connectivity index (χ4n) is 3.36. The number of ether oxygens (including phenoxy) is 1. The largest absolute Gasteiger partial charge is 0.378 e. The van der Waals surface area contributed by atoms with E-state index in [1.165, 1.54) is 0 Å². The van der Waals surface area contributed by atoms with Gasteiger partial charge in [0.25, 0.3) is 0 Å². The summed E-state index contributed by atoms with van der Waals surface area (Å²) in [7, 11) is -4.55. The number of benzene rings is 1. The summed E-state index contributed by atoms with van der Waals surface area (Å²) in [5.41, 5.74) is 2.08. The molecule has 2 fully saturated rings. The van der Waals surface area contributed by atoms with Crippen molar-refractivity contribution >= 4 is 21.8 Å². The maximum absolute atomic E-state index is 12.9. The molecule has 8 heteroatoms. The fraction of sp³-hybridized carbons (Fsp3) is 0.562. The SMILES string of the molecule is O=C1CC(CS(=O)(=O)F)CN1Cc1ccccc1N1CCOCC1. The highest BCUT2D eigenvalue weighted by Gasteiger charge is 2.33. The third-order valence-electron chi connectivity index (χ3n) is 4.43. The predicted molar refractivity (Wildman–Crippen MR) is 87.9 cm³/mol. The van der Waals surface area contributed by atoms with Crippen LogP contribution in [0, 0.1) is 5.92 Å². The number of carbonyl (C=O) groups excluding carboxylic acids is 1. The van der Waals surface area contributed by atoms with Crippen LogP contribution in [0.4, 0.5) is 9.57 Å². The second kappa shape index (κ2) is 7.06. The van der Waals surface area contributed by atoms with Gasteiger partial charge in [-0.05, 0) is 11.6 Å². The lowest BCUT2D eigenvalue weighted by molar-refractivity contribution is -0.128. The minimum Gasteiger partial charge on any atom is -0.378 e. The molecule has 0 spiro atoms. The molecule has 3 rings (SSSR count). The summed E-state index contributed by atoms with van der Waals surface area (Å²) in [6.45, 7) is 3.64. The monoisotopic (exact) mass is 356 g/mol. The molecule has 0 bridgehead atoms. The topological polar surface area (TPSA) is 66.9 Å². The van der Waals surface area contributed by atoms with Crippen LogP contribution in [0.3, 0.4) is 0 Å². The molecule has 0 aliphatic carbocycles. The minimum atomic E-state index is -4.55. The zero-order valence-corrected chi connectivity index (χ0v) is 14.2. The molecular weight excluding hydrogens is 335 g/mol. The first-order chi connectivity index (χ1) is 11.4. The van der Waals surface area contributed by atoms with E-state index in [1.807, 2.05) is 24.3 Å². The van der Waals surface area contributed by atoms with Gasteiger partial charge in [0.15, 0.2) is 0 Å². The molecule has 1 amide bonds. The highest BCUT2D eigenvalue weighted by molar-refractivity contribution is 7.86. The fourth-order valence-corrected chi connectivity index (χ4v) is 4.15. The molecule has 1 aromatic rings. The zero-order valence-electron chi connectivity index (χ0n) is 13.4. The van der Waals surface area contributed by atoms with E-state index in [-0.39, 0.29) is 18.9 Å². The first-order valence-corrected chi connectivity index (χ1v) is 9.58. The van der Waals surface area contributed by atoms with Gasteiger partial charge in [0.05, 0.1) is 19.0 Å². The van der Waals surface area contributed by atoms with Gasteiger partial charge < -0.3 is 14.5 Å². The summed E-state index contributed by atoms with van der Waals surface area (Å²) in [6.07, 6.45) is 0.0862. The van der Waals surface area contributed by atoms with Gasteiger partial charge in [0.1, 0.15) is 0 Å². The number of hydrogen-bond acceptors (Lipinski definition) is 5. The van der Waals surface area contributed by atoms with Crippen molar-refractivity contribution in [2.75, 3.05) is 43.5 Å². The summed E-state index contributed by atoms with van der Waals surface area (Å²) >= 11 is 0. The lowest BCUT2D eigenvalue weighted by Crippen LogP contribution is -2.37. The Morgan fingerprint density at radius 2 is 1.92 bits per heavy atom. The Morgan fingerprint density at radius 1 is 1.21 bits per heavy atom. The number of amides is 1. The predicted octanol–water partition coefficient (Wildman–Crippen LogP) is 1.17. The van der Waals surface area contributed by atoms with E-state index >= 15 is 0 Å². The van der Waals surface area contributed by atoms with Crippen molar-refractivity contribution in [2.24, 2.45) is 5.92 Å². The molecule has 24 heavy (non-hydrogen) atoms. The first-order valence-electron chi connectivity index (χ1n) is 8.03. The minimum absolute atomic E-state index is 0.0862. The number of anilines is 1. The molecule has 1 unspecified atom stereocenters. The molecule has 0 saturated carbocycles. The van der Waals surface area contributed by atoms with Crippen molar-refractivity contribution in [3.05, 3.63) is 29.8 Å². The highest BCUT2D eigenvalue weighted by atomic mass is 32.3. The van der Waals surface area contributed by atoms with Gasteiger partial charge in [0.2, 0.25) is 5.91 Å². The molecule has 0 N–H and O–H groups in total. The van der Waals surface area contributed by atoms with Gasteiger partial charge in [0, 0.05) is 44.2 Å². The van der Waals surface area contributed by atoms with Crippen LogP contribution in [-0.2, 0) is 26.3 Å². The van der Waals surface area contributed by atoms with Gasteiger partial charge in [-0.1, -0.05) is 18.2 Å². The number of para-hydroxylation sites is 1. The van der Waals surface area contributed by atoms with Crippen LogP contribution in [0.2, 0.25) is 0 Å². The maximum Gasteiger partial charge on any atom is 0.302 e. The zero-order chi connectivity index (χ0) is 17.2. The standard InChI is InChI=1S/C16H21FN2O4S/c17-24(21,22)12-13-9-16(20)19(10-13)11-14-3-1-2-4-15(14)18-5-7-23-8-6-18/h1-4,13H,5-12H2. The van der Waals surface area contributed by atoms with Gasteiger partial charge in [-0.3, -0.25) is 4.79 Å². The summed E-state index contributed by atoms with van der Waals surface area (Å²) in [5, 5.41) is 0. The van der Waals surface area contributed by atoms with Crippen molar-refractivity contribution < 1.29 is 21.8 Å². The number of rotatable bonds is 5. The molecular formula is C16H21FN2O4S. The van der Waals surface area contributed by atoms with Crippen molar-refractivity contribution in [2.45, 2.75) is 13.0 Å². The summed E-state index contributed by atoms with van der Waals surface area (Å²) in [5.74, 6) is -1.18. The average molecular weight is 356 g/mol. The second-order valence-electron chi connectivity index (χ2n) is 6.28. The Kier molecular flexibility index (Phi) is 5.05. The van der Waals surface area contributed by atoms with Crippen LogP contribution in [0.25, 0.3) is 0 Å². The first kappa shape index (κ1) is 17.2. The molecule has 1 aromatic carbocycles. The lowest BCUT2D eigenvalue weighted by atomic mass is 10.1. The van der Waals surface area contributed by atoms with E-state index in [4.69, 9.17) is 4.74 Å². The van der Waals surface area contributed by atoms with Crippen molar-refractivity contribution in [3.8, 4) is 0 Å². The Balaban J connectivity index is 1.71. The van der Waals surface area contributed by atoms with Crippen molar-refractivity contribution in [3.63, 3.8) is 0 Å².